The predicted octanol–water partition coefficient (Wildman–Crippen LogP) is 5.61. The molecule has 10 heteroatoms. The molecule has 0 atom stereocenters. The minimum absolute atomic E-state index is 0.0267. The molecule has 146 valence electrons. The highest BCUT2D eigenvalue weighted by Gasteiger charge is 2.31. The Labute approximate surface area is 164 Å². The van der Waals surface area contributed by atoms with Crippen LogP contribution in [-0.4, -0.2) is 34.5 Å². The Bertz CT molecular complexity index is 630. The second kappa shape index (κ2) is 8.87. The van der Waals surface area contributed by atoms with Gasteiger partial charge in [-0.25, -0.2) is 4.79 Å². The standard InChI is InChI=1S/C16H18Cl3F3N2O2/c17-15(18,19)10-26-14(25)23-13-7-11(6-12(8-13)16(20,21)22)9-24-4-2-1-3-5-24/h6-8H,1-5,9-10H2,(H,23,25). The summed E-state index contributed by atoms with van der Waals surface area (Å²) in [5.74, 6) is 0. The fraction of sp³-hybridized carbons (Fsp3) is 0.562. The number of halogens is 6. The Morgan fingerprint density at radius 1 is 1.12 bits per heavy atom. The number of ether oxygens (including phenoxy) is 1. The predicted molar refractivity (Wildman–Crippen MR) is 95.8 cm³/mol. The van der Waals surface area contributed by atoms with Gasteiger partial charge in [-0.15, -0.1) is 0 Å². The van der Waals surface area contributed by atoms with Crippen molar-refractivity contribution in [1.29, 1.82) is 0 Å². The first-order valence-electron chi connectivity index (χ1n) is 7.97. The van der Waals surface area contributed by atoms with E-state index in [1.807, 2.05) is 0 Å². The molecule has 1 amide bonds. The first-order chi connectivity index (χ1) is 12.0. The SMILES string of the molecule is O=C(Nc1cc(CN2CCCCC2)cc(C(F)(F)F)c1)OCC(Cl)(Cl)Cl. The van der Waals surface area contributed by atoms with Crippen molar-refractivity contribution in [2.75, 3.05) is 25.0 Å². The van der Waals surface area contributed by atoms with Gasteiger partial charge in [0, 0.05) is 12.2 Å². The highest BCUT2D eigenvalue weighted by Crippen LogP contribution is 2.33. The molecule has 1 aliphatic heterocycles. The number of rotatable bonds is 4. The van der Waals surface area contributed by atoms with Crippen molar-refractivity contribution in [2.24, 2.45) is 0 Å². The number of anilines is 1. The molecule has 0 unspecified atom stereocenters. The van der Waals surface area contributed by atoms with Gasteiger partial charge in [0.05, 0.1) is 5.56 Å². The van der Waals surface area contributed by atoms with Crippen LogP contribution < -0.4 is 5.32 Å². The summed E-state index contributed by atoms with van der Waals surface area (Å²) in [6, 6.07) is 3.42. The molecule has 0 spiro atoms. The fourth-order valence-corrected chi connectivity index (χ4v) is 2.86. The molecular weight excluding hydrogens is 416 g/mol. The quantitative estimate of drug-likeness (QED) is 0.628. The van der Waals surface area contributed by atoms with Crippen molar-refractivity contribution in [3.63, 3.8) is 0 Å². The van der Waals surface area contributed by atoms with E-state index in [9.17, 15) is 18.0 Å². The van der Waals surface area contributed by atoms with E-state index in [1.54, 1.807) is 0 Å². The van der Waals surface area contributed by atoms with E-state index < -0.39 is 28.2 Å². The zero-order valence-corrected chi connectivity index (χ0v) is 16.0. The highest BCUT2D eigenvalue weighted by atomic mass is 35.6. The van der Waals surface area contributed by atoms with Gasteiger partial charge >= 0.3 is 12.3 Å². The number of benzene rings is 1. The summed E-state index contributed by atoms with van der Waals surface area (Å²) in [5.41, 5.74) is -0.414. The largest absolute Gasteiger partial charge is 0.445 e. The summed E-state index contributed by atoms with van der Waals surface area (Å²) in [6.45, 7) is 1.53. The molecule has 1 heterocycles. The fourth-order valence-electron chi connectivity index (χ4n) is 2.70. The Morgan fingerprint density at radius 3 is 2.35 bits per heavy atom. The zero-order valence-electron chi connectivity index (χ0n) is 13.7. The van der Waals surface area contributed by atoms with Crippen LogP contribution >= 0.6 is 34.8 Å². The van der Waals surface area contributed by atoms with Crippen LogP contribution in [0.15, 0.2) is 18.2 Å². The Morgan fingerprint density at radius 2 is 1.77 bits per heavy atom. The molecule has 1 aromatic carbocycles. The summed E-state index contributed by atoms with van der Waals surface area (Å²) < 4.78 is 42.4. The van der Waals surface area contributed by atoms with Gasteiger partial charge in [0.2, 0.25) is 3.79 Å². The normalized spacial score (nSPS) is 16.4. The number of amides is 1. The third kappa shape index (κ3) is 7.39. The molecule has 1 saturated heterocycles. The molecule has 0 radical (unpaired) electrons. The van der Waals surface area contributed by atoms with Crippen LogP contribution in [0.2, 0.25) is 0 Å². The Balaban J connectivity index is 2.13. The number of nitrogens with one attached hydrogen (secondary N) is 1. The lowest BCUT2D eigenvalue weighted by molar-refractivity contribution is -0.137. The van der Waals surface area contributed by atoms with Crippen LogP contribution in [0.25, 0.3) is 0 Å². The third-order valence-electron chi connectivity index (χ3n) is 3.79. The van der Waals surface area contributed by atoms with E-state index in [4.69, 9.17) is 34.8 Å². The lowest BCUT2D eigenvalue weighted by Gasteiger charge is -2.27. The number of carbonyl (C=O) groups is 1. The van der Waals surface area contributed by atoms with Crippen LogP contribution in [0.3, 0.4) is 0 Å². The first kappa shape index (κ1) is 21.4. The molecule has 4 nitrogen and oxygen atoms in total. The number of hydrogen-bond donors (Lipinski definition) is 1. The lowest BCUT2D eigenvalue weighted by Crippen LogP contribution is -2.29. The van der Waals surface area contributed by atoms with Crippen molar-refractivity contribution >= 4 is 46.6 Å². The number of alkyl halides is 6. The highest BCUT2D eigenvalue weighted by molar-refractivity contribution is 6.67. The molecule has 1 aromatic rings. The van der Waals surface area contributed by atoms with Crippen molar-refractivity contribution in [2.45, 2.75) is 35.8 Å². The van der Waals surface area contributed by atoms with Gasteiger partial charge in [-0.3, -0.25) is 10.2 Å². The summed E-state index contributed by atoms with van der Waals surface area (Å²) in [4.78, 5) is 13.8. The smallest absolute Gasteiger partial charge is 0.416 e. The average molecular weight is 434 g/mol. The Hall–Kier alpha value is -0.890. The number of nitrogens with zero attached hydrogens (tertiary/aromatic N) is 1. The van der Waals surface area contributed by atoms with Gasteiger partial charge in [-0.2, -0.15) is 13.2 Å². The van der Waals surface area contributed by atoms with Gasteiger partial charge in [0.15, 0.2) is 0 Å². The van der Waals surface area contributed by atoms with Crippen LogP contribution in [0.1, 0.15) is 30.4 Å². The van der Waals surface area contributed by atoms with E-state index in [2.05, 4.69) is 15.0 Å². The molecule has 1 fully saturated rings. The molecular formula is C16H18Cl3F3N2O2. The maximum absolute atomic E-state index is 13.2. The van der Waals surface area contributed by atoms with Gasteiger partial charge in [0.1, 0.15) is 6.61 Å². The van der Waals surface area contributed by atoms with E-state index in [0.29, 0.717) is 12.1 Å². The third-order valence-corrected chi connectivity index (χ3v) is 4.12. The molecule has 1 N–H and O–H groups in total. The van der Waals surface area contributed by atoms with Gasteiger partial charge in [-0.05, 0) is 49.7 Å². The number of hydrogen-bond acceptors (Lipinski definition) is 3. The van der Waals surface area contributed by atoms with Gasteiger partial charge in [0.25, 0.3) is 0 Å². The van der Waals surface area contributed by atoms with Gasteiger partial charge < -0.3 is 4.74 Å². The summed E-state index contributed by atoms with van der Waals surface area (Å²) in [6.07, 6.45) is -2.36. The van der Waals surface area contributed by atoms with Crippen LogP contribution in [0, 0.1) is 0 Å². The van der Waals surface area contributed by atoms with Crippen LogP contribution in [0.5, 0.6) is 0 Å². The summed E-state index contributed by atoms with van der Waals surface area (Å²) in [5, 5.41) is 2.25. The second-order valence-corrected chi connectivity index (χ2v) is 8.59. The van der Waals surface area contributed by atoms with Crippen molar-refractivity contribution in [3.05, 3.63) is 29.3 Å². The average Bonchev–Trinajstić information content (AvgIpc) is 2.52. The maximum Gasteiger partial charge on any atom is 0.416 e. The first-order valence-corrected chi connectivity index (χ1v) is 9.10. The number of likely N-dealkylation sites (tertiary alicyclic amines) is 1. The summed E-state index contributed by atoms with van der Waals surface area (Å²) >= 11 is 16.4. The van der Waals surface area contributed by atoms with E-state index >= 15 is 0 Å². The maximum atomic E-state index is 13.2. The molecule has 0 aromatic heterocycles. The van der Waals surface area contributed by atoms with E-state index in [1.165, 1.54) is 6.07 Å². The molecule has 0 aliphatic carbocycles. The van der Waals surface area contributed by atoms with Gasteiger partial charge in [-0.1, -0.05) is 41.2 Å². The molecule has 1 aliphatic rings. The lowest BCUT2D eigenvalue weighted by atomic mass is 10.1. The van der Waals surface area contributed by atoms with Crippen molar-refractivity contribution in [3.8, 4) is 0 Å². The molecule has 0 saturated carbocycles. The van der Waals surface area contributed by atoms with Crippen molar-refractivity contribution < 1.29 is 22.7 Å². The minimum atomic E-state index is -4.53. The molecule has 26 heavy (non-hydrogen) atoms. The Kier molecular flexibility index (Phi) is 7.30. The van der Waals surface area contributed by atoms with E-state index in [0.717, 1.165) is 44.5 Å². The van der Waals surface area contributed by atoms with Crippen molar-refractivity contribution in [1.82, 2.24) is 4.90 Å². The minimum Gasteiger partial charge on any atom is -0.445 e. The number of piperidine rings is 1. The zero-order chi connectivity index (χ0) is 19.4. The van der Waals surface area contributed by atoms with Crippen LogP contribution in [0.4, 0.5) is 23.7 Å². The molecule has 0 bridgehead atoms. The summed E-state index contributed by atoms with van der Waals surface area (Å²) in [7, 11) is 0. The monoisotopic (exact) mass is 432 g/mol. The van der Waals surface area contributed by atoms with E-state index in [-0.39, 0.29) is 5.69 Å². The topological polar surface area (TPSA) is 41.6 Å². The van der Waals surface area contributed by atoms with Crippen LogP contribution in [-0.2, 0) is 17.5 Å². The second-order valence-electron chi connectivity index (χ2n) is 6.07. The molecule has 2 rings (SSSR count). The number of carbonyl (C=O) groups excluding carboxylic acids is 1.